The number of benzene rings is 1. The lowest BCUT2D eigenvalue weighted by Crippen LogP contribution is -2.34. The van der Waals surface area contributed by atoms with Crippen LogP contribution in [0, 0.1) is 11.3 Å². The molecule has 0 saturated carbocycles. The van der Waals surface area contributed by atoms with Crippen molar-refractivity contribution in [3.05, 3.63) is 74.8 Å². The van der Waals surface area contributed by atoms with Crippen molar-refractivity contribution in [2.75, 3.05) is 5.32 Å². The van der Waals surface area contributed by atoms with Crippen LogP contribution in [0.3, 0.4) is 0 Å². The van der Waals surface area contributed by atoms with Crippen molar-refractivity contribution < 1.29 is 19.1 Å². The third-order valence-corrected chi connectivity index (χ3v) is 5.12. The van der Waals surface area contributed by atoms with E-state index < -0.39 is 17.9 Å². The van der Waals surface area contributed by atoms with Crippen LogP contribution < -0.4 is 10.6 Å². The van der Waals surface area contributed by atoms with Crippen molar-refractivity contribution in [1.29, 1.82) is 5.26 Å². The van der Waals surface area contributed by atoms with Gasteiger partial charge in [0.05, 0.1) is 24.1 Å². The number of halogens is 1. The van der Waals surface area contributed by atoms with E-state index in [0.29, 0.717) is 15.7 Å². The molecule has 3 N–H and O–H groups in total. The molecule has 1 unspecified atom stereocenters. The average Bonchev–Trinajstić information content (AvgIpc) is 3.38. The van der Waals surface area contributed by atoms with Gasteiger partial charge < -0.3 is 20.2 Å². The van der Waals surface area contributed by atoms with Gasteiger partial charge in [-0.2, -0.15) is 5.26 Å². The van der Waals surface area contributed by atoms with E-state index >= 15 is 0 Å². The number of hydrogen-bond acceptors (Lipinski definition) is 6. The van der Waals surface area contributed by atoms with Crippen LogP contribution in [0.1, 0.15) is 27.2 Å². The van der Waals surface area contributed by atoms with Crippen LogP contribution in [0.25, 0.3) is 0 Å². The predicted molar refractivity (Wildman–Crippen MR) is 104 cm³/mol. The maximum absolute atomic E-state index is 12.1. The van der Waals surface area contributed by atoms with E-state index in [4.69, 9.17) is 21.3 Å². The SMILES string of the molecule is N#Cc1ccc(Cl)cc1NC(=O)C(=O)NCc1ccc(C(O)c2ccco2)s1. The van der Waals surface area contributed by atoms with Gasteiger partial charge in [0.2, 0.25) is 0 Å². The van der Waals surface area contributed by atoms with Gasteiger partial charge in [-0.1, -0.05) is 11.6 Å². The average molecular weight is 416 g/mol. The Hall–Kier alpha value is -3.12. The summed E-state index contributed by atoms with van der Waals surface area (Å²) in [4.78, 5) is 25.5. The summed E-state index contributed by atoms with van der Waals surface area (Å²) >= 11 is 7.14. The Bertz CT molecular complexity index is 1040. The van der Waals surface area contributed by atoms with E-state index in [0.717, 1.165) is 4.88 Å². The molecule has 9 heteroatoms. The quantitative estimate of drug-likeness (QED) is 0.553. The van der Waals surface area contributed by atoms with Crippen molar-refractivity contribution in [1.82, 2.24) is 5.32 Å². The molecule has 3 rings (SSSR count). The molecular formula is C19H14ClN3O4S. The lowest BCUT2D eigenvalue weighted by Gasteiger charge is -2.08. The minimum Gasteiger partial charge on any atom is -0.466 e. The monoisotopic (exact) mass is 415 g/mol. The molecule has 0 saturated heterocycles. The molecule has 142 valence electrons. The first-order chi connectivity index (χ1) is 13.5. The highest BCUT2D eigenvalue weighted by molar-refractivity contribution is 7.12. The number of nitrogens with zero attached hydrogens (tertiary/aromatic N) is 1. The smallest absolute Gasteiger partial charge is 0.313 e. The second kappa shape index (κ2) is 8.71. The summed E-state index contributed by atoms with van der Waals surface area (Å²) in [5.41, 5.74) is 0.357. The summed E-state index contributed by atoms with van der Waals surface area (Å²) in [6.45, 7) is 0.114. The van der Waals surface area contributed by atoms with Crippen LogP contribution in [-0.2, 0) is 16.1 Å². The molecule has 0 radical (unpaired) electrons. The van der Waals surface area contributed by atoms with E-state index in [1.165, 1.54) is 35.8 Å². The minimum absolute atomic E-state index is 0.114. The third kappa shape index (κ3) is 4.58. The lowest BCUT2D eigenvalue weighted by molar-refractivity contribution is -0.136. The topological polar surface area (TPSA) is 115 Å². The normalized spacial score (nSPS) is 11.5. The number of amides is 2. The molecule has 0 aliphatic carbocycles. The Balaban J connectivity index is 1.58. The molecule has 2 heterocycles. The van der Waals surface area contributed by atoms with Gasteiger partial charge in [0.15, 0.2) is 0 Å². The molecule has 0 fully saturated rings. The zero-order chi connectivity index (χ0) is 20.1. The summed E-state index contributed by atoms with van der Waals surface area (Å²) < 4.78 is 5.17. The van der Waals surface area contributed by atoms with Gasteiger partial charge in [-0.05, 0) is 42.5 Å². The van der Waals surface area contributed by atoms with E-state index in [1.807, 2.05) is 6.07 Å². The number of nitriles is 1. The van der Waals surface area contributed by atoms with Gasteiger partial charge in [0.1, 0.15) is 17.9 Å². The Morgan fingerprint density at radius 2 is 2.07 bits per heavy atom. The number of carbonyl (C=O) groups is 2. The Morgan fingerprint density at radius 3 is 2.79 bits per heavy atom. The van der Waals surface area contributed by atoms with Crippen molar-refractivity contribution >= 4 is 40.4 Å². The zero-order valence-electron chi connectivity index (χ0n) is 14.3. The van der Waals surface area contributed by atoms with Gasteiger partial charge in [0.25, 0.3) is 0 Å². The van der Waals surface area contributed by atoms with Gasteiger partial charge in [-0.25, -0.2) is 0 Å². The molecule has 0 aliphatic heterocycles. The molecular weight excluding hydrogens is 402 g/mol. The van der Waals surface area contributed by atoms with E-state index in [1.54, 1.807) is 24.3 Å². The van der Waals surface area contributed by atoms with Gasteiger partial charge in [0, 0.05) is 14.8 Å². The molecule has 0 aliphatic rings. The summed E-state index contributed by atoms with van der Waals surface area (Å²) in [5, 5.41) is 24.5. The highest BCUT2D eigenvalue weighted by Crippen LogP contribution is 2.28. The lowest BCUT2D eigenvalue weighted by atomic mass is 10.2. The highest BCUT2D eigenvalue weighted by Gasteiger charge is 2.18. The maximum Gasteiger partial charge on any atom is 0.313 e. The van der Waals surface area contributed by atoms with Crippen molar-refractivity contribution in [2.24, 2.45) is 0 Å². The second-order valence-corrected chi connectivity index (χ2v) is 7.30. The number of thiophene rings is 1. The fourth-order valence-corrected chi connectivity index (χ4v) is 3.49. The van der Waals surface area contributed by atoms with Crippen molar-refractivity contribution in [3.8, 4) is 6.07 Å². The Morgan fingerprint density at radius 1 is 1.25 bits per heavy atom. The first-order valence-corrected chi connectivity index (χ1v) is 9.26. The standard InChI is InChI=1S/C19H14ClN3O4S/c20-12-4-3-11(9-21)14(8-12)23-19(26)18(25)22-10-13-5-6-16(28-13)17(24)15-2-1-7-27-15/h1-8,17,24H,10H2,(H,22,25)(H,23,26). The van der Waals surface area contributed by atoms with E-state index in [2.05, 4.69) is 10.6 Å². The van der Waals surface area contributed by atoms with Gasteiger partial charge in [-0.3, -0.25) is 9.59 Å². The van der Waals surface area contributed by atoms with Crippen molar-refractivity contribution in [3.63, 3.8) is 0 Å². The fraction of sp³-hybridized carbons (Fsp3) is 0.105. The molecule has 0 bridgehead atoms. The zero-order valence-corrected chi connectivity index (χ0v) is 15.9. The fourth-order valence-electron chi connectivity index (χ4n) is 2.37. The van der Waals surface area contributed by atoms with Gasteiger partial charge >= 0.3 is 11.8 Å². The molecule has 7 nitrogen and oxygen atoms in total. The first kappa shape index (κ1) is 19.6. The van der Waals surface area contributed by atoms with Crippen LogP contribution in [0.15, 0.2) is 53.1 Å². The maximum atomic E-state index is 12.1. The summed E-state index contributed by atoms with van der Waals surface area (Å²) in [6, 6.07) is 13.1. The number of furan rings is 1. The van der Waals surface area contributed by atoms with Crippen LogP contribution >= 0.6 is 22.9 Å². The molecule has 1 atom stereocenters. The number of carbonyl (C=O) groups excluding carboxylic acids is 2. The predicted octanol–water partition coefficient (Wildman–Crippen LogP) is 3.20. The Labute approximate surface area is 169 Å². The molecule has 2 amide bonds. The molecule has 28 heavy (non-hydrogen) atoms. The number of aliphatic hydroxyl groups is 1. The minimum atomic E-state index is -0.911. The Kier molecular flexibility index (Phi) is 6.11. The molecule has 1 aromatic carbocycles. The highest BCUT2D eigenvalue weighted by atomic mass is 35.5. The van der Waals surface area contributed by atoms with E-state index in [-0.39, 0.29) is 17.8 Å². The number of anilines is 1. The van der Waals surface area contributed by atoms with Crippen molar-refractivity contribution in [2.45, 2.75) is 12.6 Å². The summed E-state index contributed by atoms with van der Waals surface area (Å²) in [6.07, 6.45) is 0.587. The molecule has 2 aromatic heterocycles. The summed E-state index contributed by atoms with van der Waals surface area (Å²) in [7, 11) is 0. The van der Waals surface area contributed by atoms with Crippen LogP contribution in [-0.4, -0.2) is 16.9 Å². The van der Waals surface area contributed by atoms with E-state index in [9.17, 15) is 14.7 Å². The number of rotatable bonds is 5. The second-order valence-electron chi connectivity index (χ2n) is 5.66. The van der Waals surface area contributed by atoms with Crippen LogP contribution in [0.5, 0.6) is 0 Å². The molecule has 3 aromatic rings. The first-order valence-electron chi connectivity index (χ1n) is 8.07. The third-order valence-electron chi connectivity index (χ3n) is 3.74. The largest absolute Gasteiger partial charge is 0.466 e. The number of nitrogens with one attached hydrogen (secondary N) is 2. The number of aliphatic hydroxyl groups excluding tert-OH is 1. The molecule has 0 spiro atoms. The van der Waals surface area contributed by atoms with Crippen LogP contribution in [0.4, 0.5) is 5.69 Å². The van der Waals surface area contributed by atoms with Gasteiger partial charge in [-0.15, -0.1) is 11.3 Å². The van der Waals surface area contributed by atoms with Crippen LogP contribution in [0.2, 0.25) is 5.02 Å². The summed E-state index contributed by atoms with van der Waals surface area (Å²) in [5.74, 6) is -1.34. The number of hydrogen-bond donors (Lipinski definition) is 3.